The van der Waals surface area contributed by atoms with Crippen molar-refractivity contribution in [2.45, 2.75) is 12.1 Å². The third-order valence-electron chi connectivity index (χ3n) is 7.28. The first-order chi connectivity index (χ1) is 19.4. The van der Waals surface area contributed by atoms with Crippen LogP contribution in [0.5, 0.6) is 0 Å². The van der Waals surface area contributed by atoms with Crippen LogP contribution in [0, 0.1) is 5.92 Å². The van der Waals surface area contributed by atoms with E-state index in [0.717, 1.165) is 4.90 Å². The lowest BCUT2D eigenvalue weighted by Gasteiger charge is -2.36. The zero-order valence-electron chi connectivity index (χ0n) is 20.2. The fourth-order valence-electron chi connectivity index (χ4n) is 5.44. The smallest absolute Gasteiger partial charge is 0.267 e. The molecule has 0 spiro atoms. The number of ether oxygens (including phenoxy) is 1. The number of hydrogen-bond acceptors (Lipinski definition) is 5. The molecule has 6 rings (SSSR count). The Kier molecular flexibility index (Phi) is 7.50. The van der Waals surface area contributed by atoms with Gasteiger partial charge in [-0.3, -0.25) is 14.4 Å². The van der Waals surface area contributed by atoms with Gasteiger partial charge in [0.1, 0.15) is 6.10 Å². The molecule has 41 heavy (non-hydrogen) atoms. The van der Waals surface area contributed by atoms with E-state index < -0.39 is 29.7 Å². The van der Waals surface area contributed by atoms with Gasteiger partial charge in [-0.25, -0.2) is 4.90 Å². The fourth-order valence-corrected chi connectivity index (χ4v) is 7.51. The van der Waals surface area contributed by atoms with Gasteiger partial charge in [0.05, 0.1) is 74.2 Å². The van der Waals surface area contributed by atoms with E-state index in [1.807, 2.05) is 12.2 Å². The fraction of sp³-hybridized carbons (Fsp3) is 0.148. The number of fused-ring (bicyclic) bond motifs is 3. The second kappa shape index (κ2) is 10.5. The van der Waals surface area contributed by atoms with Gasteiger partial charge in [-0.2, -0.15) is 0 Å². The highest BCUT2D eigenvalue weighted by Gasteiger charge is 2.47. The Labute approximate surface area is 273 Å². The maximum absolute atomic E-state index is 13.7. The standard InChI is InChI=1S/C27H12Cl8N2O4/c1-41-25-10(24(38)11-12(25)16(29)20(33)19(32)15(11)28)8-6-5-7-3-2-4-9(23(7)36-8)37-26(39)13-14(27(37)40)18(31)22(35)21(34)17(13)30/h2-7,23,25,36H,1H3/b10-8-. The predicted octanol–water partition coefficient (Wildman–Crippen LogP) is 8.95. The number of carbonyl (C=O) groups is 3. The number of methoxy groups -OCH3 is 1. The van der Waals surface area contributed by atoms with Gasteiger partial charge in [0.15, 0.2) is 5.78 Å². The quantitative estimate of drug-likeness (QED) is 0.146. The molecule has 14 heteroatoms. The number of hydrogen-bond donors (Lipinski definition) is 1. The highest BCUT2D eigenvalue weighted by atomic mass is 35.5. The summed E-state index contributed by atoms with van der Waals surface area (Å²) in [4.78, 5) is 41.9. The van der Waals surface area contributed by atoms with Crippen molar-refractivity contribution in [1.82, 2.24) is 10.2 Å². The molecule has 2 aromatic rings. The summed E-state index contributed by atoms with van der Waals surface area (Å²) in [6.07, 6.45) is 7.79. The van der Waals surface area contributed by atoms with Crippen molar-refractivity contribution in [2.24, 2.45) is 5.92 Å². The van der Waals surface area contributed by atoms with Crippen molar-refractivity contribution in [1.29, 1.82) is 0 Å². The summed E-state index contributed by atoms with van der Waals surface area (Å²) in [5.74, 6) is -2.22. The number of carbonyl (C=O) groups excluding carboxylic acids is 3. The SMILES string of the molecule is COC1/C(=C2/C=CC3C=CC=C(N4C(=O)c5c(Cl)c(Cl)c(Cl)c(Cl)c5C4=O)C3N2)C(=O)c2c(Cl)c(Cl)c(Cl)c(Cl)c21. The van der Waals surface area contributed by atoms with Crippen LogP contribution < -0.4 is 5.32 Å². The van der Waals surface area contributed by atoms with E-state index in [2.05, 4.69) is 5.32 Å². The van der Waals surface area contributed by atoms with Gasteiger partial charge in [0, 0.05) is 24.3 Å². The molecule has 0 radical (unpaired) electrons. The number of rotatable bonds is 2. The van der Waals surface area contributed by atoms with Crippen molar-refractivity contribution >= 4 is 110 Å². The third-order valence-corrected chi connectivity index (χ3v) is 10.9. The highest BCUT2D eigenvalue weighted by Crippen LogP contribution is 2.52. The van der Waals surface area contributed by atoms with Crippen LogP contribution in [0.15, 0.2) is 47.3 Å². The van der Waals surface area contributed by atoms with Crippen molar-refractivity contribution in [3.63, 3.8) is 0 Å². The first kappa shape index (κ1) is 29.4. The number of Topliss-reactive ketones (excluding diaryl/α,β-unsaturated/α-hetero) is 1. The molecule has 210 valence electrons. The summed E-state index contributed by atoms with van der Waals surface area (Å²) in [6.45, 7) is 0. The molecule has 0 saturated heterocycles. The average Bonchev–Trinajstić information content (AvgIpc) is 3.41. The molecule has 2 aromatic carbocycles. The van der Waals surface area contributed by atoms with Gasteiger partial charge < -0.3 is 10.1 Å². The Bertz CT molecular complexity index is 1730. The molecule has 6 nitrogen and oxygen atoms in total. The van der Waals surface area contributed by atoms with Crippen molar-refractivity contribution in [3.05, 3.63) is 110 Å². The molecule has 3 atom stereocenters. The van der Waals surface area contributed by atoms with Gasteiger partial charge in [0.2, 0.25) is 0 Å². The second-order valence-corrected chi connectivity index (χ2v) is 12.3. The number of imide groups is 1. The summed E-state index contributed by atoms with van der Waals surface area (Å²) >= 11 is 50.5. The molecule has 0 aromatic heterocycles. The molecular weight excluding hydrogens is 700 g/mol. The molecule has 2 heterocycles. The van der Waals surface area contributed by atoms with Crippen molar-refractivity contribution < 1.29 is 19.1 Å². The molecule has 2 aliphatic carbocycles. The van der Waals surface area contributed by atoms with Crippen LogP contribution in [0.2, 0.25) is 40.2 Å². The van der Waals surface area contributed by atoms with Crippen LogP contribution in [0.4, 0.5) is 0 Å². The highest BCUT2D eigenvalue weighted by molar-refractivity contribution is 6.55. The second-order valence-electron chi connectivity index (χ2n) is 9.30. The number of ketones is 1. The van der Waals surface area contributed by atoms with Crippen LogP contribution in [-0.2, 0) is 4.74 Å². The minimum absolute atomic E-state index is 0.00353. The van der Waals surface area contributed by atoms with Gasteiger partial charge in [0.25, 0.3) is 11.8 Å². The summed E-state index contributed by atoms with van der Waals surface area (Å²) < 4.78 is 5.69. The van der Waals surface area contributed by atoms with Crippen molar-refractivity contribution in [2.75, 3.05) is 7.11 Å². The van der Waals surface area contributed by atoms with Crippen LogP contribution in [-0.4, -0.2) is 35.6 Å². The van der Waals surface area contributed by atoms with Crippen molar-refractivity contribution in [3.8, 4) is 0 Å². The first-order valence-electron chi connectivity index (χ1n) is 11.7. The summed E-state index contributed by atoms with van der Waals surface area (Å²) in [5, 5.41) is 2.61. The molecular formula is C27H12Cl8N2O4. The Morgan fingerprint density at radius 3 is 1.83 bits per heavy atom. The summed E-state index contributed by atoms with van der Waals surface area (Å²) in [5.41, 5.74) is 0.911. The lowest BCUT2D eigenvalue weighted by atomic mass is 9.87. The largest absolute Gasteiger partial charge is 0.375 e. The molecule has 2 amide bonds. The molecule has 2 aliphatic heterocycles. The minimum atomic E-state index is -0.936. The zero-order chi connectivity index (χ0) is 29.7. The van der Waals surface area contributed by atoms with Gasteiger partial charge in [-0.1, -0.05) is 111 Å². The van der Waals surface area contributed by atoms with Gasteiger partial charge >= 0.3 is 0 Å². The predicted molar refractivity (Wildman–Crippen MR) is 161 cm³/mol. The summed E-state index contributed by atoms with van der Waals surface area (Å²) in [6, 6.07) is -0.676. The number of amides is 2. The maximum atomic E-state index is 13.7. The topological polar surface area (TPSA) is 75.7 Å². The van der Waals surface area contributed by atoms with Crippen LogP contribution >= 0.6 is 92.8 Å². The molecule has 0 bridgehead atoms. The molecule has 1 N–H and O–H groups in total. The van der Waals surface area contributed by atoms with E-state index in [4.69, 9.17) is 97.5 Å². The number of allylic oxidation sites excluding steroid dienone is 3. The van der Waals surface area contributed by atoms with Gasteiger partial charge in [-0.15, -0.1) is 0 Å². The lowest BCUT2D eigenvalue weighted by molar-refractivity contribution is 0.0688. The zero-order valence-corrected chi connectivity index (χ0v) is 26.3. The normalized spacial score (nSPS) is 24.5. The van der Waals surface area contributed by atoms with Gasteiger partial charge in [-0.05, 0) is 12.2 Å². The van der Waals surface area contributed by atoms with E-state index >= 15 is 0 Å². The molecule has 3 unspecified atom stereocenters. The number of nitrogens with one attached hydrogen (secondary N) is 1. The molecule has 4 aliphatic rings. The number of halogens is 8. The summed E-state index contributed by atoms with van der Waals surface area (Å²) in [7, 11) is 1.41. The molecule has 0 saturated carbocycles. The van der Waals surface area contributed by atoms with Crippen LogP contribution in [0.1, 0.15) is 42.7 Å². The maximum Gasteiger partial charge on any atom is 0.267 e. The van der Waals surface area contributed by atoms with E-state index in [1.165, 1.54) is 7.11 Å². The Balaban J connectivity index is 1.45. The van der Waals surface area contributed by atoms with Crippen LogP contribution in [0.3, 0.4) is 0 Å². The number of nitrogens with zero attached hydrogens (tertiary/aromatic N) is 1. The van der Waals surface area contributed by atoms with E-state index in [1.54, 1.807) is 18.2 Å². The van der Waals surface area contributed by atoms with E-state index in [0.29, 0.717) is 5.70 Å². The minimum Gasteiger partial charge on any atom is -0.375 e. The van der Waals surface area contributed by atoms with E-state index in [9.17, 15) is 14.4 Å². The third kappa shape index (κ3) is 4.07. The van der Waals surface area contributed by atoms with E-state index in [-0.39, 0.29) is 79.6 Å². The molecule has 0 fully saturated rings. The Hall–Kier alpha value is -1.71. The lowest BCUT2D eigenvalue weighted by Crippen LogP contribution is -2.47. The monoisotopic (exact) mass is 708 g/mol. The average molecular weight is 712 g/mol. The number of benzene rings is 2. The van der Waals surface area contributed by atoms with Crippen LogP contribution in [0.25, 0.3) is 0 Å². The first-order valence-corrected chi connectivity index (χ1v) is 14.7. The Morgan fingerprint density at radius 2 is 1.27 bits per heavy atom. The Morgan fingerprint density at radius 1 is 0.732 bits per heavy atom.